The highest BCUT2D eigenvalue weighted by atomic mass is 79.9. The van der Waals surface area contributed by atoms with Crippen LogP contribution in [0.3, 0.4) is 0 Å². The van der Waals surface area contributed by atoms with Crippen molar-refractivity contribution in [3.8, 4) is 0 Å². The maximum absolute atomic E-state index is 11.0. The summed E-state index contributed by atoms with van der Waals surface area (Å²) < 4.78 is 3.20. The van der Waals surface area contributed by atoms with E-state index in [9.17, 15) is 4.79 Å². The molecule has 3 rings (SSSR count). The van der Waals surface area contributed by atoms with Gasteiger partial charge in [0.05, 0.1) is 26.9 Å². The Morgan fingerprint density at radius 3 is 2.85 bits per heavy atom. The van der Waals surface area contributed by atoms with Crippen LogP contribution in [-0.2, 0) is 6.54 Å². The van der Waals surface area contributed by atoms with Crippen LogP contribution >= 0.6 is 27.3 Å². The van der Waals surface area contributed by atoms with Gasteiger partial charge in [-0.25, -0.2) is 9.78 Å². The Morgan fingerprint density at radius 2 is 2.20 bits per heavy atom. The molecule has 0 atom stereocenters. The Kier molecular flexibility index (Phi) is 3.35. The second kappa shape index (κ2) is 5.03. The molecule has 0 saturated heterocycles. The van der Waals surface area contributed by atoms with Crippen molar-refractivity contribution in [2.45, 2.75) is 13.5 Å². The lowest BCUT2D eigenvalue weighted by molar-refractivity contribution is 0.0697. The van der Waals surface area contributed by atoms with Crippen molar-refractivity contribution in [1.29, 1.82) is 0 Å². The normalized spacial score (nSPS) is 11.1. The van der Waals surface area contributed by atoms with Gasteiger partial charge in [-0.15, -0.1) is 11.3 Å². The standard InChI is InChI=1S/C14H11BrN2O2S/c1-8-16-11-6-9(14(18)19)2-4-12(11)17(8)7-10-3-5-13(15)20-10/h2-6H,7H2,1H3,(H,18,19). The molecule has 1 N–H and O–H groups in total. The minimum atomic E-state index is -0.929. The molecule has 0 spiro atoms. The zero-order valence-corrected chi connectivity index (χ0v) is 13.0. The van der Waals surface area contributed by atoms with Gasteiger partial charge in [0.25, 0.3) is 0 Å². The molecule has 0 radical (unpaired) electrons. The number of hydrogen-bond acceptors (Lipinski definition) is 3. The molecule has 4 nitrogen and oxygen atoms in total. The lowest BCUT2D eigenvalue weighted by Crippen LogP contribution is -2.00. The van der Waals surface area contributed by atoms with Crippen molar-refractivity contribution in [2.24, 2.45) is 0 Å². The third-order valence-electron chi connectivity index (χ3n) is 3.13. The van der Waals surface area contributed by atoms with E-state index in [1.807, 2.05) is 19.1 Å². The molecule has 6 heteroatoms. The molecular formula is C14H11BrN2O2S. The third-order valence-corrected chi connectivity index (χ3v) is 4.74. The number of rotatable bonds is 3. The van der Waals surface area contributed by atoms with Gasteiger partial charge in [-0.1, -0.05) is 0 Å². The smallest absolute Gasteiger partial charge is 0.335 e. The molecule has 0 amide bonds. The number of carboxylic acids is 1. The summed E-state index contributed by atoms with van der Waals surface area (Å²) >= 11 is 5.14. The van der Waals surface area contributed by atoms with Gasteiger partial charge >= 0.3 is 5.97 Å². The third kappa shape index (κ3) is 2.36. The van der Waals surface area contributed by atoms with E-state index < -0.39 is 5.97 Å². The molecule has 102 valence electrons. The highest BCUT2D eigenvalue weighted by molar-refractivity contribution is 9.11. The lowest BCUT2D eigenvalue weighted by Gasteiger charge is -2.05. The first-order chi connectivity index (χ1) is 9.54. The Labute approximate surface area is 127 Å². The van der Waals surface area contributed by atoms with E-state index in [4.69, 9.17) is 5.11 Å². The lowest BCUT2D eigenvalue weighted by atomic mass is 10.2. The summed E-state index contributed by atoms with van der Waals surface area (Å²) in [7, 11) is 0. The van der Waals surface area contributed by atoms with Gasteiger partial charge in [0.1, 0.15) is 5.82 Å². The van der Waals surface area contributed by atoms with Crippen LogP contribution in [0.4, 0.5) is 0 Å². The fraction of sp³-hybridized carbons (Fsp3) is 0.143. The Balaban J connectivity index is 2.06. The first-order valence-electron chi connectivity index (χ1n) is 5.99. The van der Waals surface area contributed by atoms with Crippen molar-refractivity contribution in [3.63, 3.8) is 0 Å². The monoisotopic (exact) mass is 350 g/mol. The van der Waals surface area contributed by atoms with E-state index >= 15 is 0 Å². The van der Waals surface area contributed by atoms with Crippen molar-refractivity contribution in [3.05, 3.63) is 50.4 Å². The van der Waals surface area contributed by atoms with Gasteiger partial charge in [0.15, 0.2) is 0 Å². The predicted molar refractivity (Wildman–Crippen MR) is 82.6 cm³/mol. The minimum absolute atomic E-state index is 0.265. The molecule has 0 unspecified atom stereocenters. The fourth-order valence-electron chi connectivity index (χ4n) is 2.18. The maximum atomic E-state index is 11.0. The number of thiophene rings is 1. The number of imidazole rings is 1. The number of halogens is 1. The molecule has 1 aromatic carbocycles. The molecule has 20 heavy (non-hydrogen) atoms. The maximum Gasteiger partial charge on any atom is 0.335 e. The van der Waals surface area contributed by atoms with Crippen LogP contribution < -0.4 is 0 Å². The molecule has 3 aromatic rings. The average molecular weight is 351 g/mol. The molecule has 0 saturated carbocycles. The number of hydrogen-bond donors (Lipinski definition) is 1. The number of aryl methyl sites for hydroxylation is 1. The Hall–Kier alpha value is -1.66. The number of nitrogens with zero attached hydrogens (tertiary/aromatic N) is 2. The van der Waals surface area contributed by atoms with Crippen LogP contribution in [0.25, 0.3) is 11.0 Å². The van der Waals surface area contributed by atoms with Gasteiger partial charge in [-0.05, 0) is 53.2 Å². The van der Waals surface area contributed by atoms with E-state index in [1.54, 1.807) is 23.5 Å². The molecule has 2 aromatic heterocycles. The molecular weight excluding hydrogens is 340 g/mol. The molecule has 0 aliphatic carbocycles. The second-order valence-electron chi connectivity index (χ2n) is 4.46. The van der Waals surface area contributed by atoms with Crippen LogP contribution in [0.15, 0.2) is 34.1 Å². The fourth-order valence-corrected chi connectivity index (χ4v) is 3.65. The van der Waals surface area contributed by atoms with Crippen molar-refractivity contribution in [1.82, 2.24) is 9.55 Å². The van der Waals surface area contributed by atoms with E-state index in [0.717, 1.165) is 27.2 Å². The first-order valence-corrected chi connectivity index (χ1v) is 7.60. The predicted octanol–water partition coefficient (Wildman–Crippen LogP) is 3.92. The van der Waals surface area contributed by atoms with Gasteiger partial charge in [-0.3, -0.25) is 0 Å². The summed E-state index contributed by atoms with van der Waals surface area (Å²) in [5, 5.41) is 9.02. The number of aromatic nitrogens is 2. The van der Waals surface area contributed by atoms with E-state index in [1.165, 1.54) is 4.88 Å². The molecule has 0 bridgehead atoms. The van der Waals surface area contributed by atoms with E-state index in [0.29, 0.717) is 0 Å². The Morgan fingerprint density at radius 1 is 1.40 bits per heavy atom. The highest BCUT2D eigenvalue weighted by Crippen LogP contribution is 2.25. The van der Waals surface area contributed by atoms with Crippen LogP contribution in [0.5, 0.6) is 0 Å². The quantitative estimate of drug-likeness (QED) is 0.778. The summed E-state index contributed by atoms with van der Waals surface area (Å²) in [4.78, 5) is 16.7. The van der Waals surface area contributed by atoms with Gasteiger partial charge in [0, 0.05) is 4.88 Å². The molecule has 0 aliphatic heterocycles. The van der Waals surface area contributed by atoms with E-state index in [-0.39, 0.29) is 5.56 Å². The Bertz CT molecular complexity index is 807. The van der Waals surface area contributed by atoms with Gasteiger partial charge in [-0.2, -0.15) is 0 Å². The van der Waals surface area contributed by atoms with Gasteiger partial charge in [0.2, 0.25) is 0 Å². The number of benzene rings is 1. The van der Waals surface area contributed by atoms with Crippen molar-refractivity contribution in [2.75, 3.05) is 0 Å². The van der Waals surface area contributed by atoms with Crippen LogP contribution in [-0.4, -0.2) is 20.6 Å². The minimum Gasteiger partial charge on any atom is -0.478 e. The van der Waals surface area contributed by atoms with Gasteiger partial charge < -0.3 is 9.67 Å². The average Bonchev–Trinajstić information content (AvgIpc) is 2.94. The summed E-state index contributed by atoms with van der Waals surface area (Å²) in [5.74, 6) is -0.0478. The topological polar surface area (TPSA) is 55.1 Å². The zero-order chi connectivity index (χ0) is 14.3. The summed E-state index contributed by atoms with van der Waals surface area (Å²) in [6, 6.07) is 9.15. The highest BCUT2D eigenvalue weighted by Gasteiger charge is 2.11. The molecule has 0 fully saturated rings. The largest absolute Gasteiger partial charge is 0.478 e. The van der Waals surface area contributed by atoms with E-state index in [2.05, 4.69) is 31.5 Å². The second-order valence-corrected chi connectivity index (χ2v) is 7.01. The SMILES string of the molecule is Cc1nc2cc(C(=O)O)ccc2n1Cc1ccc(Br)s1. The van der Waals surface area contributed by atoms with Crippen molar-refractivity contribution >= 4 is 44.3 Å². The number of aromatic carboxylic acids is 1. The van der Waals surface area contributed by atoms with Crippen LogP contribution in [0, 0.1) is 6.92 Å². The van der Waals surface area contributed by atoms with Crippen LogP contribution in [0.2, 0.25) is 0 Å². The van der Waals surface area contributed by atoms with Crippen LogP contribution in [0.1, 0.15) is 21.1 Å². The first kappa shape index (κ1) is 13.3. The summed E-state index contributed by atoms with van der Waals surface area (Å²) in [6.07, 6.45) is 0. The number of carbonyl (C=O) groups is 1. The summed E-state index contributed by atoms with van der Waals surface area (Å²) in [6.45, 7) is 2.67. The number of fused-ring (bicyclic) bond motifs is 1. The zero-order valence-electron chi connectivity index (χ0n) is 10.6. The molecule has 2 heterocycles. The number of carboxylic acid groups (broad SMARTS) is 1. The van der Waals surface area contributed by atoms with Crippen molar-refractivity contribution < 1.29 is 9.90 Å². The molecule has 0 aliphatic rings. The summed E-state index contributed by atoms with van der Waals surface area (Å²) in [5.41, 5.74) is 1.94.